The highest BCUT2D eigenvalue weighted by Crippen LogP contribution is 2.13. The molecule has 0 heterocycles. The molecule has 0 aliphatic rings. The van der Waals surface area contributed by atoms with Crippen LogP contribution >= 0.6 is 0 Å². The first kappa shape index (κ1) is 25.0. The summed E-state index contributed by atoms with van der Waals surface area (Å²) in [5.41, 5.74) is 3.19. The summed E-state index contributed by atoms with van der Waals surface area (Å²) in [5.74, 6) is -0.108. The number of carbonyl (C=O) groups excluding carboxylic acids is 1. The molecule has 3 nitrogen and oxygen atoms in total. The second-order valence-electron chi connectivity index (χ2n) is 7.23. The molecule has 0 spiro atoms. The van der Waals surface area contributed by atoms with Crippen molar-refractivity contribution in [3.05, 3.63) is 0 Å². The molecule has 0 aliphatic carbocycles. The average Bonchev–Trinajstić information content (AvgIpc) is 2.42. The van der Waals surface area contributed by atoms with E-state index in [1.54, 1.807) is 0 Å². The third kappa shape index (κ3) is 21.7. The summed E-state index contributed by atoms with van der Waals surface area (Å²) in [6.45, 7) is 5.90. The fourth-order valence-electron chi connectivity index (χ4n) is 2.65. The number of esters is 1. The van der Waals surface area contributed by atoms with Crippen LogP contribution in [0.4, 0.5) is 0 Å². The number of rotatable bonds is 15. The molecule has 0 amide bonds. The standard InChI is InChI=1S/C19H39NO2.ClH/c1-4-5-6-7-8-9-10-11-12-13-14-15-16-17-18(21)22-19(2,3)20;/h4-17,20H2,1-3H3;1H. The quantitative estimate of drug-likeness (QED) is 0.279. The molecule has 0 rings (SSSR count). The molecule has 0 unspecified atom stereocenters. The summed E-state index contributed by atoms with van der Waals surface area (Å²) in [7, 11) is 0. The minimum Gasteiger partial charge on any atom is -1.00 e. The van der Waals surface area contributed by atoms with Gasteiger partial charge in [-0.05, 0) is 6.42 Å². The van der Waals surface area contributed by atoms with E-state index in [1.165, 1.54) is 70.6 Å². The SMILES string of the molecule is CCCCCCCCCCCCCCCC(=O)OC(C)(C)[NH3+].[Cl-]. The highest BCUT2D eigenvalue weighted by atomic mass is 35.5. The lowest BCUT2D eigenvalue weighted by Crippen LogP contribution is -3.00. The number of unbranched alkanes of at least 4 members (excludes halogenated alkanes) is 12. The molecule has 0 aliphatic heterocycles. The zero-order chi connectivity index (χ0) is 16.7. The Bertz CT molecular complexity index is 265. The molecule has 0 fully saturated rings. The van der Waals surface area contributed by atoms with Crippen LogP contribution in [0, 0.1) is 0 Å². The molecule has 3 N–H and O–H groups in total. The van der Waals surface area contributed by atoms with Gasteiger partial charge >= 0.3 is 5.97 Å². The number of hydrogen-bond acceptors (Lipinski definition) is 2. The molecule has 0 aromatic heterocycles. The summed E-state index contributed by atoms with van der Waals surface area (Å²) in [5, 5.41) is 0. The topological polar surface area (TPSA) is 53.9 Å². The monoisotopic (exact) mass is 349 g/mol. The van der Waals surface area contributed by atoms with E-state index >= 15 is 0 Å². The lowest BCUT2D eigenvalue weighted by molar-refractivity contribution is -0.531. The number of quaternary nitrogens is 1. The fourth-order valence-corrected chi connectivity index (χ4v) is 2.65. The largest absolute Gasteiger partial charge is 1.00 e. The number of ether oxygens (including phenoxy) is 1. The van der Waals surface area contributed by atoms with E-state index in [0.29, 0.717) is 6.42 Å². The van der Waals surface area contributed by atoms with Crippen molar-refractivity contribution in [2.24, 2.45) is 0 Å². The van der Waals surface area contributed by atoms with Crippen LogP contribution in [0.2, 0.25) is 0 Å². The molecule has 0 radical (unpaired) electrons. The van der Waals surface area contributed by atoms with Crippen molar-refractivity contribution in [3.63, 3.8) is 0 Å². The predicted octanol–water partition coefficient (Wildman–Crippen LogP) is 1.99. The Morgan fingerprint density at radius 2 is 1.13 bits per heavy atom. The Hall–Kier alpha value is -0.280. The minimum absolute atomic E-state index is 0. The van der Waals surface area contributed by atoms with E-state index in [1.807, 2.05) is 13.8 Å². The first-order valence-corrected chi connectivity index (χ1v) is 9.53. The Morgan fingerprint density at radius 1 is 0.783 bits per heavy atom. The molecular weight excluding hydrogens is 310 g/mol. The number of carbonyl (C=O) groups is 1. The van der Waals surface area contributed by atoms with E-state index in [0.717, 1.165) is 12.8 Å². The highest BCUT2D eigenvalue weighted by Gasteiger charge is 2.19. The van der Waals surface area contributed by atoms with Gasteiger partial charge in [0.15, 0.2) is 0 Å². The van der Waals surface area contributed by atoms with Crippen LogP contribution < -0.4 is 18.1 Å². The number of halogens is 1. The summed E-state index contributed by atoms with van der Waals surface area (Å²) < 4.78 is 5.19. The Labute approximate surface area is 150 Å². The highest BCUT2D eigenvalue weighted by molar-refractivity contribution is 5.69. The molecule has 23 heavy (non-hydrogen) atoms. The third-order valence-electron chi connectivity index (χ3n) is 3.87. The fraction of sp³-hybridized carbons (Fsp3) is 0.947. The van der Waals surface area contributed by atoms with Crippen molar-refractivity contribution in [3.8, 4) is 0 Å². The van der Waals surface area contributed by atoms with Crippen LogP contribution in [0.15, 0.2) is 0 Å². The summed E-state index contributed by atoms with van der Waals surface area (Å²) in [6.07, 6.45) is 17.7. The van der Waals surface area contributed by atoms with Gasteiger partial charge in [0.1, 0.15) is 0 Å². The minimum atomic E-state index is -0.590. The molecule has 0 saturated carbocycles. The van der Waals surface area contributed by atoms with Gasteiger partial charge in [-0.1, -0.05) is 84.0 Å². The maximum atomic E-state index is 11.5. The zero-order valence-corrected chi connectivity index (χ0v) is 16.6. The molecule has 4 heteroatoms. The van der Waals surface area contributed by atoms with Gasteiger partial charge < -0.3 is 22.9 Å². The predicted molar refractivity (Wildman–Crippen MR) is 93.4 cm³/mol. The van der Waals surface area contributed by atoms with Crippen LogP contribution in [0.3, 0.4) is 0 Å². The Kier molecular flexibility index (Phi) is 18.0. The van der Waals surface area contributed by atoms with Gasteiger partial charge in [-0.3, -0.25) is 4.79 Å². The average molecular weight is 350 g/mol. The third-order valence-corrected chi connectivity index (χ3v) is 3.87. The smallest absolute Gasteiger partial charge is 0.310 e. The first-order chi connectivity index (χ1) is 10.5. The molecule has 140 valence electrons. The maximum Gasteiger partial charge on any atom is 0.310 e. The second-order valence-corrected chi connectivity index (χ2v) is 7.23. The van der Waals surface area contributed by atoms with Gasteiger partial charge in [0, 0.05) is 20.3 Å². The van der Waals surface area contributed by atoms with Crippen LogP contribution in [-0.4, -0.2) is 11.7 Å². The van der Waals surface area contributed by atoms with E-state index in [9.17, 15) is 4.79 Å². The van der Waals surface area contributed by atoms with Crippen molar-refractivity contribution < 1.29 is 27.7 Å². The molecular formula is C19H40ClNO2. The summed E-state index contributed by atoms with van der Waals surface area (Å²) >= 11 is 0. The van der Waals surface area contributed by atoms with Crippen molar-refractivity contribution in [2.45, 2.75) is 116 Å². The van der Waals surface area contributed by atoms with Crippen LogP contribution in [-0.2, 0) is 9.53 Å². The molecule has 0 bridgehead atoms. The van der Waals surface area contributed by atoms with Crippen molar-refractivity contribution in [1.29, 1.82) is 0 Å². The number of hydrogen-bond donors (Lipinski definition) is 1. The zero-order valence-electron chi connectivity index (χ0n) is 15.8. The van der Waals surface area contributed by atoms with Crippen molar-refractivity contribution in [1.82, 2.24) is 0 Å². The Balaban J connectivity index is 0. The van der Waals surface area contributed by atoms with Gasteiger partial charge in [0.25, 0.3) is 0 Å². The van der Waals surface area contributed by atoms with Gasteiger partial charge in [0.2, 0.25) is 5.72 Å². The van der Waals surface area contributed by atoms with Gasteiger partial charge in [-0.2, -0.15) is 0 Å². The first-order valence-electron chi connectivity index (χ1n) is 9.53. The summed E-state index contributed by atoms with van der Waals surface area (Å²) in [4.78, 5) is 11.5. The van der Waals surface area contributed by atoms with Crippen molar-refractivity contribution >= 4 is 5.97 Å². The van der Waals surface area contributed by atoms with Crippen LogP contribution in [0.25, 0.3) is 0 Å². The van der Waals surface area contributed by atoms with E-state index in [-0.39, 0.29) is 18.4 Å². The van der Waals surface area contributed by atoms with E-state index in [2.05, 4.69) is 12.7 Å². The van der Waals surface area contributed by atoms with Gasteiger partial charge in [-0.25, -0.2) is 0 Å². The maximum absolute atomic E-state index is 11.5. The molecule has 0 saturated heterocycles. The normalized spacial score (nSPS) is 11.1. The molecule has 0 aromatic rings. The lowest BCUT2D eigenvalue weighted by atomic mass is 10.0. The molecule has 0 atom stereocenters. The van der Waals surface area contributed by atoms with Gasteiger partial charge in [-0.15, -0.1) is 0 Å². The van der Waals surface area contributed by atoms with E-state index < -0.39 is 5.72 Å². The van der Waals surface area contributed by atoms with Crippen LogP contribution in [0.5, 0.6) is 0 Å². The second kappa shape index (κ2) is 16.6. The summed E-state index contributed by atoms with van der Waals surface area (Å²) in [6, 6.07) is 0. The Morgan fingerprint density at radius 3 is 1.48 bits per heavy atom. The van der Waals surface area contributed by atoms with Crippen molar-refractivity contribution in [2.75, 3.05) is 0 Å². The van der Waals surface area contributed by atoms with E-state index in [4.69, 9.17) is 4.74 Å². The lowest BCUT2D eigenvalue weighted by Gasteiger charge is -2.15. The van der Waals surface area contributed by atoms with Crippen LogP contribution in [0.1, 0.15) is 111 Å². The molecule has 0 aromatic carbocycles. The van der Waals surface area contributed by atoms with Gasteiger partial charge in [0.05, 0.1) is 0 Å².